The van der Waals surface area contributed by atoms with Crippen LogP contribution < -0.4 is 15.0 Å². The van der Waals surface area contributed by atoms with Crippen molar-refractivity contribution in [1.29, 1.82) is 0 Å². The molecule has 4 aliphatic heterocycles. The lowest BCUT2D eigenvalue weighted by molar-refractivity contribution is 0.107. The van der Waals surface area contributed by atoms with Gasteiger partial charge in [0.05, 0.1) is 11.2 Å². The molecule has 4 fully saturated rings. The first-order valence-corrected chi connectivity index (χ1v) is 15.4. The van der Waals surface area contributed by atoms with E-state index in [-0.39, 0.29) is 23.1 Å². The van der Waals surface area contributed by atoms with Crippen LogP contribution in [-0.4, -0.2) is 86.8 Å². The maximum absolute atomic E-state index is 14.9. The number of phenolic OH excluding ortho intramolecular Hbond substituents is 1. The lowest BCUT2D eigenvalue weighted by atomic mass is 9.95. The number of aryl methyl sites for hydroxylation is 1. The van der Waals surface area contributed by atoms with Crippen LogP contribution in [0.1, 0.15) is 44.6 Å². The third-order valence-corrected chi connectivity index (χ3v) is 9.93. The number of hydrogen-bond donors (Lipinski definition) is 2. The fraction of sp³-hybridized carbons (Fsp3) is 0.500. The van der Waals surface area contributed by atoms with Crippen molar-refractivity contribution in [2.24, 2.45) is 0 Å². The number of nitrogens with one attached hydrogen (secondary N) is 1. The van der Waals surface area contributed by atoms with Gasteiger partial charge in [-0.2, -0.15) is 9.97 Å². The zero-order valence-electron chi connectivity index (χ0n) is 24.2. The molecule has 9 nitrogen and oxygen atoms in total. The maximum atomic E-state index is 14.9. The zero-order chi connectivity index (χ0) is 29.3. The molecule has 0 amide bonds. The molecule has 224 valence electrons. The molecule has 4 aliphatic rings. The molecule has 11 heteroatoms. The van der Waals surface area contributed by atoms with Gasteiger partial charge in [0.25, 0.3) is 0 Å². The van der Waals surface area contributed by atoms with E-state index in [2.05, 4.69) is 25.3 Å². The van der Waals surface area contributed by atoms with Gasteiger partial charge in [-0.1, -0.05) is 13.0 Å². The smallest absolute Gasteiger partial charge is 0.319 e. The predicted molar refractivity (Wildman–Crippen MR) is 160 cm³/mol. The molecule has 6 heterocycles. The van der Waals surface area contributed by atoms with E-state index in [4.69, 9.17) is 14.7 Å². The molecule has 4 saturated heterocycles. The summed E-state index contributed by atoms with van der Waals surface area (Å²) in [7, 11) is 0. The van der Waals surface area contributed by atoms with Crippen LogP contribution in [0.4, 0.5) is 14.6 Å². The predicted octanol–water partition coefficient (Wildman–Crippen LogP) is 4.54. The van der Waals surface area contributed by atoms with Crippen LogP contribution in [0.2, 0.25) is 0 Å². The summed E-state index contributed by atoms with van der Waals surface area (Å²) >= 11 is 0. The summed E-state index contributed by atoms with van der Waals surface area (Å²) in [5.41, 5.74) is 2.41. The van der Waals surface area contributed by atoms with Crippen LogP contribution in [0.25, 0.3) is 33.1 Å². The molecule has 2 bridgehead atoms. The summed E-state index contributed by atoms with van der Waals surface area (Å²) in [6.45, 7) is 5.16. The molecule has 4 aromatic rings. The Kier molecular flexibility index (Phi) is 6.38. The summed E-state index contributed by atoms with van der Waals surface area (Å²) < 4.78 is 35.7. The Morgan fingerprint density at radius 3 is 2.74 bits per heavy atom. The van der Waals surface area contributed by atoms with E-state index >= 15 is 0 Å². The van der Waals surface area contributed by atoms with E-state index in [1.165, 1.54) is 6.07 Å². The standard InChI is InChI=1S/C32H35F2N7O2/c1-2-23-25(34)7-4-18-10-22(42)11-24(28(18)23)26-12-27-29(39-38-26)30(40-15-20-5-6-21(16-40)35-20)37-31(36-27)43-17-32-8-3-9-41(32)14-19(33)13-32/h4,7,10-12,19-21,35,42H,2-3,5-6,8-9,13-17H2,1H3/t19-,20?,21?,32+/m1/s1. The van der Waals surface area contributed by atoms with Crippen LogP contribution in [0, 0.1) is 5.82 Å². The average Bonchev–Trinajstić information content (AvgIpc) is 3.65. The summed E-state index contributed by atoms with van der Waals surface area (Å²) in [6, 6.07) is 9.16. The number of phenols is 1. The third-order valence-electron chi connectivity index (χ3n) is 9.93. The molecule has 0 saturated carbocycles. The highest BCUT2D eigenvalue weighted by Gasteiger charge is 2.49. The molecule has 0 radical (unpaired) electrons. The fourth-order valence-corrected chi connectivity index (χ4v) is 7.98. The van der Waals surface area contributed by atoms with Crippen LogP contribution in [-0.2, 0) is 6.42 Å². The monoisotopic (exact) mass is 587 g/mol. The van der Waals surface area contributed by atoms with Gasteiger partial charge in [0.2, 0.25) is 0 Å². The van der Waals surface area contributed by atoms with Gasteiger partial charge in [0.15, 0.2) is 11.3 Å². The first-order valence-electron chi connectivity index (χ1n) is 15.4. The SMILES string of the molecule is CCc1c(F)ccc2cc(O)cc(-c3cc4nc(OC[C@@]56CCCN5C[C@H](F)C6)nc(N5CC6CCC(C5)N6)c4nn3)c12. The first-order chi connectivity index (χ1) is 20.9. The van der Waals surface area contributed by atoms with Gasteiger partial charge in [-0.15, -0.1) is 10.2 Å². The molecule has 8 rings (SSSR count). The van der Waals surface area contributed by atoms with Gasteiger partial charge >= 0.3 is 6.01 Å². The lowest BCUT2D eigenvalue weighted by Crippen LogP contribution is -2.51. The number of rotatable bonds is 6. The number of anilines is 1. The number of fused-ring (bicyclic) bond motifs is 5. The van der Waals surface area contributed by atoms with E-state index in [1.54, 1.807) is 18.2 Å². The highest BCUT2D eigenvalue weighted by molar-refractivity contribution is 6.00. The fourth-order valence-electron chi connectivity index (χ4n) is 7.98. The summed E-state index contributed by atoms with van der Waals surface area (Å²) in [4.78, 5) is 14.1. The second-order valence-corrected chi connectivity index (χ2v) is 12.7. The largest absolute Gasteiger partial charge is 0.508 e. The molecule has 43 heavy (non-hydrogen) atoms. The Balaban J connectivity index is 1.24. The number of benzene rings is 2. The summed E-state index contributed by atoms with van der Waals surface area (Å²) in [5, 5.41) is 24.9. The Morgan fingerprint density at radius 1 is 1.09 bits per heavy atom. The highest BCUT2D eigenvalue weighted by Crippen LogP contribution is 2.41. The van der Waals surface area contributed by atoms with E-state index in [0.717, 1.165) is 50.7 Å². The van der Waals surface area contributed by atoms with Gasteiger partial charge in [-0.05, 0) is 79.3 Å². The molecule has 4 atom stereocenters. The number of hydrogen-bond acceptors (Lipinski definition) is 9. The maximum Gasteiger partial charge on any atom is 0.319 e. The minimum atomic E-state index is -0.846. The van der Waals surface area contributed by atoms with Crippen molar-refractivity contribution in [3.63, 3.8) is 0 Å². The molecule has 2 unspecified atom stereocenters. The Hall–Kier alpha value is -3.70. The molecule has 2 N–H and O–H groups in total. The summed E-state index contributed by atoms with van der Waals surface area (Å²) in [5.74, 6) is 0.436. The Bertz CT molecular complexity index is 1730. The lowest BCUT2D eigenvalue weighted by Gasteiger charge is -2.34. The van der Waals surface area contributed by atoms with Crippen molar-refractivity contribution in [3.05, 3.63) is 41.7 Å². The van der Waals surface area contributed by atoms with Gasteiger partial charge in [0.1, 0.15) is 29.9 Å². The van der Waals surface area contributed by atoms with Crippen molar-refractivity contribution in [2.75, 3.05) is 37.7 Å². The van der Waals surface area contributed by atoms with Crippen molar-refractivity contribution >= 4 is 27.6 Å². The van der Waals surface area contributed by atoms with E-state index in [9.17, 15) is 13.9 Å². The number of alkyl halides is 1. The number of aromatic hydroxyl groups is 1. The molecule has 0 aliphatic carbocycles. The molecule has 2 aromatic heterocycles. The van der Waals surface area contributed by atoms with E-state index < -0.39 is 6.17 Å². The van der Waals surface area contributed by atoms with Crippen LogP contribution >= 0.6 is 0 Å². The number of halogens is 2. The van der Waals surface area contributed by atoms with Crippen LogP contribution in [0.15, 0.2) is 30.3 Å². The first kappa shape index (κ1) is 26.9. The molecule has 0 spiro atoms. The van der Waals surface area contributed by atoms with Gasteiger partial charge < -0.3 is 20.1 Å². The minimum Gasteiger partial charge on any atom is -0.508 e. The third kappa shape index (κ3) is 4.55. The summed E-state index contributed by atoms with van der Waals surface area (Å²) in [6.07, 6.45) is 4.26. The van der Waals surface area contributed by atoms with Gasteiger partial charge in [0, 0.05) is 43.7 Å². The van der Waals surface area contributed by atoms with Crippen molar-refractivity contribution in [3.8, 4) is 23.0 Å². The minimum absolute atomic E-state index is 0.0600. The number of piperazine rings is 1. The number of aromatic nitrogens is 4. The van der Waals surface area contributed by atoms with E-state index in [0.29, 0.717) is 77.1 Å². The average molecular weight is 588 g/mol. The topological polar surface area (TPSA) is 99.5 Å². The number of nitrogens with zero attached hydrogens (tertiary/aromatic N) is 6. The van der Waals surface area contributed by atoms with E-state index in [1.807, 2.05) is 13.0 Å². The Morgan fingerprint density at radius 2 is 1.93 bits per heavy atom. The van der Waals surface area contributed by atoms with Gasteiger partial charge in [-0.25, -0.2) is 8.78 Å². The molecular weight excluding hydrogens is 552 g/mol. The van der Waals surface area contributed by atoms with Crippen molar-refractivity contribution < 1.29 is 18.6 Å². The highest BCUT2D eigenvalue weighted by atomic mass is 19.1. The molecule has 2 aromatic carbocycles. The molecular formula is C32H35F2N7O2. The second kappa shape index (κ2) is 10.2. The number of ether oxygens (including phenoxy) is 1. The zero-order valence-corrected chi connectivity index (χ0v) is 24.2. The van der Waals surface area contributed by atoms with Crippen molar-refractivity contribution in [1.82, 2.24) is 30.4 Å². The Labute approximate surface area is 248 Å². The second-order valence-electron chi connectivity index (χ2n) is 12.7. The van der Waals surface area contributed by atoms with Crippen LogP contribution in [0.5, 0.6) is 11.8 Å². The van der Waals surface area contributed by atoms with Gasteiger partial charge in [-0.3, -0.25) is 4.90 Å². The van der Waals surface area contributed by atoms with Crippen LogP contribution in [0.3, 0.4) is 0 Å². The van der Waals surface area contributed by atoms with Crippen molar-refractivity contribution in [2.45, 2.75) is 69.2 Å². The quantitative estimate of drug-likeness (QED) is 0.337. The normalized spacial score (nSPS) is 27.0.